The quantitative estimate of drug-likeness (QED) is 0.793. The van der Waals surface area contributed by atoms with Gasteiger partial charge in [-0.15, -0.1) is 0 Å². The molecule has 1 aliphatic heterocycles. The molecule has 3 aliphatic rings. The van der Waals surface area contributed by atoms with E-state index in [0.717, 1.165) is 11.2 Å². The summed E-state index contributed by atoms with van der Waals surface area (Å²) < 4.78 is 12.3. The summed E-state index contributed by atoms with van der Waals surface area (Å²) in [7, 11) is 1.74. The van der Waals surface area contributed by atoms with Gasteiger partial charge in [0.2, 0.25) is 0 Å². The summed E-state index contributed by atoms with van der Waals surface area (Å²) in [6.45, 7) is 0.897. The first-order chi connectivity index (χ1) is 8.83. The van der Waals surface area contributed by atoms with Crippen molar-refractivity contribution in [2.75, 3.05) is 13.7 Å². The van der Waals surface area contributed by atoms with Gasteiger partial charge < -0.3 is 0 Å². The van der Waals surface area contributed by atoms with E-state index in [2.05, 4.69) is 21.9 Å². The van der Waals surface area contributed by atoms with Crippen LogP contribution in [0.5, 0.6) is 0 Å². The first-order valence-electron chi connectivity index (χ1n) is 6.96. The van der Waals surface area contributed by atoms with E-state index >= 15 is 0 Å². The van der Waals surface area contributed by atoms with Crippen molar-refractivity contribution in [3.8, 4) is 0 Å². The van der Waals surface area contributed by atoms with Crippen molar-refractivity contribution in [1.82, 2.24) is 0 Å². The Bertz CT molecular complexity index is 422. The Hall–Kier alpha value is -0.198. The number of hydrogen-bond acceptors (Lipinski definition) is 2. The maximum absolute atomic E-state index is 5.93. The van der Waals surface area contributed by atoms with E-state index in [-0.39, 0.29) is 6.10 Å². The standard InChI is InChI=1S/C15H20O2.Cr/c1-16-10-13-14(11-6-3-2-4-7-11)12-8-5-9-17-15(12)13;/h6,12,15H,2-5,7-9H2,1H3;. The van der Waals surface area contributed by atoms with E-state index in [4.69, 9.17) is 9.47 Å². The van der Waals surface area contributed by atoms with Crippen molar-refractivity contribution in [3.05, 3.63) is 22.8 Å². The Morgan fingerprint density at radius 2 is 2.28 bits per heavy atom. The molecule has 1 fully saturated rings. The topological polar surface area (TPSA) is 18.5 Å². The third-order valence-electron chi connectivity index (χ3n) is 4.31. The molecule has 0 aromatic heterocycles. The number of fused-ring (bicyclic) bond motifs is 1. The fraction of sp³-hybridized carbons (Fsp3) is 0.667. The number of ether oxygens (including phenoxy) is 2. The molecule has 2 nitrogen and oxygen atoms in total. The van der Waals surface area contributed by atoms with Gasteiger partial charge in [-0.2, -0.15) is 0 Å². The maximum atomic E-state index is 5.93. The number of hydrogen-bond donors (Lipinski definition) is 0. The average Bonchev–Trinajstić information content (AvgIpc) is 2.41. The second kappa shape index (κ2) is 5.43. The van der Waals surface area contributed by atoms with E-state index in [0.29, 0.717) is 5.92 Å². The van der Waals surface area contributed by atoms with Crippen LogP contribution in [0.2, 0.25) is 0 Å². The van der Waals surface area contributed by atoms with Crippen LogP contribution in [0.4, 0.5) is 0 Å². The molecule has 0 spiro atoms. The van der Waals surface area contributed by atoms with Gasteiger partial charge in [0.25, 0.3) is 0 Å². The van der Waals surface area contributed by atoms with Crippen LogP contribution in [0.15, 0.2) is 22.8 Å². The Morgan fingerprint density at radius 3 is 3.00 bits per heavy atom. The zero-order valence-corrected chi connectivity index (χ0v) is 12.2. The van der Waals surface area contributed by atoms with Gasteiger partial charge >= 0.3 is 117 Å². The second-order valence-electron chi connectivity index (χ2n) is 5.33. The molecule has 1 heterocycles. The number of allylic oxidation sites excluding steroid dienone is 2. The van der Waals surface area contributed by atoms with Crippen LogP contribution >= 0.6 is 0 Å². The summed E-state index contributed by atoms with van der Waals surface area (Å²) in [4.78, 5) is 0. The Kier molecular flexibility index (Phi) is 3.87. The van der Waals surface area contributed by atoms with Crippen LogP contribution in [0.25, 0.3) is 0 Å². The summed E-state index contributed by atoms with van der Waals surface area (Å²) in [6, 6.07) is 0. The number of rotatable bonds is 3. The molecule has 0 bridgehead atoms. The zero-order chi connectivity index (χ0) is 12.5. The second-order valence-corrected chi connectivity index (χ2v) is 5.91. The Morgan fingerprint density at radius 1 is 1.39 bits per heavy atom. The summed E-state index contributed by atoms with van der Waals surface area (Å²) >= 11 is 3.06. The normalized spacial score (nSPS) is 31.5. The molecule has 0 N–H and O–H groups in total. The minimum absolute atomic E-state index is 0.285. The molecule has 18 heavy (non-hydrogen) atoms. The van der Waals surface area contributed by atoms with Gasteiger partial charge in [-0.3, -0.25) is 0 Å². The first kappa shape index (κ1) is 12.8. The van der Waals surface area contributed by atoms with E-state index in [9.17, 15) is 0 Å². The fourth-order valence-corrected chi connectivity index (χ4v) is 3.80. The average molecular weight is 284 g/mol. The summed E-state index contributed by atoms with van der Waals surface area (Å²) in [5.74, 6) is 0.622. The summed E-state index contributed by atoms with van der Waals surface area (Å²) in [6.07, 6.45) is 10.3. The molecule has 0 aromatic rings. The van der Waals surface area contributed by atoms with Crippen molar-refractivity contribution in [2.24, 2.45) is 5.92 Å². The first-order valence-corrected chi connectivity index (χ1v) is 7.60. The van der Waals surface area contributed by atoms with Crippen LogP contribution in [0.3, 0.4) is 0 Å². The molecule has 1 saturated heterocycles. The predicted octanol–water partition coefficient (Wildman–Crippen LogP) is 2.92. The van der Waals surface area contributed by atoms with Gasteiger partial charge in [0.15, 0.2) is 0 Å². The van der Waals surface area contributed by atoms with Crippen LogP contribution in [-0.2, 0) is 25.3 Å². The van der Waals surface area contributed by atoms with Crippen molar-refractivity contribution in [2.45, 2.75) is 44.6 Å². The van der Waals surface area contributed by atoms with Gasteiger partial charge in [0.05, 0.1) is 0 Å². The van der Waals surface area contributed by atoms with Crippen molar-refractivity contribution in [3.63, 3.8) is 0 Å². The molecule has 2 unspecified atom stereocenters. The molecular weight excluding hydrogens is 264 g/mol. The fourth-order valence-electron chi connectivity index (χ4n) is 3.45. The molecule has 0 saturated carbocycles. The third kappa shape index (κ3) is 2.08. The Labute approximate surface area is 117 Å². The van der Waals surface area contributed by atoms with Gasteiger partial charge in [0.1, 0.15) is 0 Å². The molecule has 2 atom stereocenters. The molecule has 3 rings (SSSR count). The number of methoxy groups -OCH3 is 1. The van der Waals surface area contributed by atoms with E-state index in [1.807, 2.05) is 0 Å². The van der Waals surface area contributed by atoms with Gasteiger partial charge in [-0.05, 0) is 0 Å². The van der Waals surface area contributed by atoms with Crippen LogP contribution in [-0.4, -0.2) is 24.4 Å². The van der Waals surface area contributed by atoms with E-state index in [1.54, 1.807) is 12.7 Å². The van der Waals surface area contributed by atoms with Crippen LogP contribution < -0.4 is 0 Å². The molecule has 2 aliphatic carbocycles. The molecule has 98 valence electrons. The van der Waals surface area contributed by atoms with Crippen LogP contribution in [0, 0.1) is 5.92 Å². The summed E-state index contributed by atoms with van der Waals surface area (Å²) in [5, 5.41) is 0. The van der Waals surface area contributed by atoms with Gasteiger partial charge in [-0.1, -0.05) is 0 Å². The molecule has 0 radical (unpaired) electrons. The Balaban J connectivity index is 1.95. The molecule has 3 heteroatoms. The monoisotopic (exact) mass is 284 g/mol. The van der Waals surface area contributed by atoms with E-state index in [1.165, 1.54) is 49.7 Å². The van der Waals surface area contributed by atoms with Crippen molar-refractivity contribution < 1.29 is 25.3 Å². The summed E-state index contributed by atoms with van der Waals surface area (Å²) in [5.41, 5.74) is 4.40. The molecule has 0 aromatic carbocycles. The molecule has 0 amide bonds. The third-order valence-corrected chi connectivity index (χ3v) is 4.91. The predicted molar refractivity (Wildman–Crippen MR) is 68.1 cm³/mol. The van der Waals surface area contributed by atoms with Gasteiger partial charge in [-0.25, -0.2) is 0 Å². The zero-order valence-electron chi connectivity index (χ0n) is 10.9. The SMILES string of the molecule is CO[C](=[Cr])C1=C(C2=CCCCC2)C2CCCOC12. The van der Waals surface area contributed by atoms with Gasteiger partial charge in [0, 0.05) is 0 Å². The van der Waals surface area contributed by atoms with Crippen LogP contribution in [0.1, 0.15) is 38.5 Å². The van der Waals surface area contributed by atoms with Crippen molar-refractivity contribution in [1.29, 1.82) is 0 Å². The van der Waals surface area contributed by atoms with Crippen molar-refractivity contribution >= 4 is 4.57 Å². The molecular formula is C15H20CrO2. The van der Waals surface area contributed by atoms with E-state index < -0.39 is 0 Å². The minimum atomic E-state index is 0.285.